The minimum atomic E-state index is -1.22. The van der Waals surface area contributed by atoms with Gasteiger partial charge in [0.2, 0.25) is 0 Å². The zero-order valence-corrected chi connectivity index (χ0v) is 18.9. The molecule has 0 fully saturated rings. The Morgan fingerprint density at radius 2 is 1.79 bits per heavy atom. The van der Waals surface area contributed by atoms with Gasteiger partial charge in [0.25, 0.3) is 5.91 Å². The summed E-state index contributed by atoms with van der Waals surface area (Å²) in [5.41, 5.74) is 2.28. The van der Waals surface area contributed by atoms with E-state index < -0.39 is 24.3 Å². The zero-order chi connectivity index (χ0) is 24.1. The normalized spacial score (nSPS) is 10.9. The Labute approximate surface area is 200 Å². The zero-order valence-electron chi connectivity index (χ0n) is 18.1. The van der Waals surface area contributed by atoms with Crippen LogP contribution >= 0.6 is 11.6 Å². The Bertz CT molecular complexity index is 1340. The van der Waals surface area contributed by atoms with E-state index in [2.05, 4.69) is 4.98 Å². The lowest BCUT2D eigenvalue weighted by Crippen LogP contribution is -2.36. The van der Waals surface area contributed by atoms with Crippen molar-refractivity contribution in [3.8, 4) is 5.75 Å². The maximum absolute atomic E-state index is 14.3. The van der Waals surface area contributed by atoms with Gasteiger partial charge in [0, 0.05) is 40.8 Å². The van der Waals surface area contributed by atoms with Crippen LogP contribution in [0.3, 0.4) is 0 Å². The van der Waals surface area contributed by atoms with Gasteiger partial charge in [-0.3, -0.25) is 4.79 Å². The number of aromatic nitrogens is 1. The number of para-hydroxylation sites is 1. The molecule has 2 N–H and O–H groups in total. The van der Waals surface area contributed by atoms with E-state index in [1.807, 2.05) is 30.5 Å². The van der Waals surface area contributed by atoms with Crippen molar-refractivity contribution in [3.63, 3.8) is 0 Å². The largest absolute Gasteiger partial charge is 0.483 e. The second-order valence-corrected chi connectivity index (χ2v) is 8.19. The van der Waals surface area contributed by atoms with Crippen molar-refractivity contribution in [1.82, 2.24) is 9.88 Å². The highest BCUT2D eigenvalue weighted by Gasteiger charge is 2.19. The Morgan fingerprint density at radius 3 is 2.59 bits per heavy atom. The number of rotatable bonds is 9. The van der Waals surface area contributed by atoms with Gasteiger partial charge in [-0.2, -0.15) is 0 Å². The number of fused-ring (bicyclic) bond motifs is 1. The highest BCUT2D eigenvalue weighted by atomic mass is 35.5. The maximum Gasteiger partial charge on any atom is 0.339 e. The molecule has 4 aromatic rings. The number of aromatic amines is 1. The number of benzene rings is 3. The average Bonchev–Trinajstić information content (AvgIpc) is 3.25. The van der Waals surface area contributed by atoms with E-state index in [1.54, 1.807) is 18.2 Å². The minimum Gasteiger partial charge on any atom is -0.483 e. The molecule has 34 heavy (non-hydrogen) atoms. The molecule has 0 bridgehead atoms. The fourth-order valence-corrected chi connectivity index (χ4v) is 3.92. The number of nitrogens with one attached hydrogen (secondary N) is 1. The average molecular weight is 481 g/mol. The minimum absolute atomic E-state index is 0.0349. The van der Waals surface area contributed by atoms with Gasteiger partial charge in [0.15, 0.2) is 6.61 Å². The highest BCUT2D eigenvalue weighted by Crippen LogP contribution is 2.23. The molecule has 1 heterocycles. The highest BCUT2D eigenvalue weighted by molar-refractivity contribution is 6.31. The van der Waals surface area contributed by atoms with Crippen LogP contribution in [0.1, 0.15) is 21.5 Å². The standard InChI is InChI=1S/C26H22ClFN2O4/c27-19-9-10-24(21(13-19)26(32)33)34-16-25(31)30(15-18-5-1-3-7-22(18)28)12-11-17-14-29-23-8-4-2-6-20(17)23/h1-10,13-14,29H,11-12,15-16H2,(H,32,33). The molecule has 0 saturated heterocycles. The van der Waals surface area contributed by atoms with Crippen molar-refractivity contribution >= 4 is 34.4 Å². The van der Waals surface area contributed by atoms with Crippen molar-refractivity contribution in [2.24, 2.45) is 0 Å². The third-order valence-electron chi connectivity index (χ3n) is 5.52. The van der Waals surface area contributed by atoms with E-state index in [9.17, 15) is 19.1 Å². The molecule has 0 radical (unpaired) electrons. The van der Waals surface area contributed by atoms with Gasteiger partial charge < -0.3 is 19.7 Å². The van der Waals surface area contributed by atoms with Gasteiger partial charge in [0.1, 0.15) is 17.1 Å². The van der Waals surface area contributed by atoms with Gasteiger partial charge in [-0.25, -0.2) is 9.18 Å². The third kappa shape index (κ3) is 5.38. The lowest BCUT2D eigenvalue weighted by Gasteiger charge is -2.23. The molecule has 0 aliphatic heterocycles. The van der Waals surface area contributed by atoms with Crippen LogP contribution in [0.2, 0.25) is 5.02 Å². The van der Waals surface area contributed by atoms with E-state index >= 15 is 0 Å². The number of carboxylic acid groups (broad SMARTS) is 1. The Balaban J connectivity index is 1.52. The van der Waals surface area contributed by atoms with Gasteiger partial charge >= 0.3 is 5.97 Å². The lowest BCUT2D eigenvalue weighted by atomic mass is 10.1. The van der Waals surface area contributed by atoms with E-state index in [4.69, 9.17) is 16.3 Å². The van der Waals surface area contributed by atoms with Crippen LogP contribution in [0, 0.1) is 5.82 Å². The topological polar surface area (TPSA) is 82.6 Å². The quantitative estimate of drug-likeness (QED) is 0.340. The van der Waals surface area contributed by atoms with Crippen LogP contribution in [-0.4, -0.2) is 40.0 Å². The van der Waals surface area contributed by atoms with E-state index in [0.717, 1.165) is 16.5 Å². The van der Waals surface area contributed by atoms with Crippen molar-refractivity contribution < 1.29 is 23.8 Å². The molecule has 1 amide bonds. The lowest BCUT2D eigenvalue weighted by molar-refractivity contribution is -0.134. The summed E-state index contributed by atoms with van der Waals surface area (Å²) in [7, 11) is 0. The summed E-state index contributed by atoms with van der Waals surface area (Å²) >= 11 is 5.88. The number of hydrogen-bond acceptors (Lipinski definition) is 3. The van der Waals surface area contributed by atoms with Crippen LogP contribution in [-0.2, 0) is 17.8 Å². The summed E-state index contributed by atoms with van der Waals surface area (Å²) < 4.78 is 19.9. The summed E-state index contributed by atoms with van der Waals surface area (Å²) in [4.78, 5) is 29.3. The molecule has 174 valence electrons. The second kappa shape index (κ2) is 10.4. The molecule has 4 rings (SSSR count). The van der Waals surface area contributed by atoms with Gasteiger partial charge in [-0.15, -0.1) is 0 Å². The van der Waals surface area contributed by atoms with Crippen LogP contribution in [0.4, 0.5) is 4.39 Å². The third-order valence-corrected chi connectivity index (χ3v) is 5.76. The number of aromatic carboxylic acids is 1. The van der Waals surface area contributed by atoms with Crippen molar-refractivity contribution in [2.75, 3.05) is 13.2 Å². The molecule has 6 nitrogen and oxygen atoms in total. The van der Waals surface area contributed by atoms with Crippen molar-refractivity contribution in [3.05, 3.63) is 100 Å². The predicted octanol–water partition coefficient (Wildman–Crippen LogP) is 5.31. The smallest absolute Gasteiger partial charge is 0.339 e. The Morgan fingerprint density at radius 1 is 1.03 bits per heavy atom. The van der Waals surface area contributed by atoms with Crippen LogP contribution in [0.25, 0.3) is 10.9 Å². The maximum atomic E-state index is 14.3. The fraction of sp³-hybridized carbons (Fsp3) is 0.154. The first-order valence-electron chi connectivity index (χ1n) is 10.6. The number of amides is 1. The van der Waals surface area contributed by atoms with E-state index in [0.29, 0.717) is 18.5 Å². The molecule has 0 saturated carbocycles. The second-order valence-electron chi connectivity index (χ2n) is 7.75. The Hall–Kier alpha value is -3.84. The van der Waals surface area contributed by atoms with E-state index in [-0.39, 0.29) is 22.9 Å². The van der Waals surface area contributed by atoms with Crippen molar-refractivity contribution in [2.45, 2.75) is 13.0 Å². The molecule has 0 aliphatic carbocycles. The number of H-pyrrole nitrogens is 1. The van der Waals surface area contributed by atoms with Crippen molar-refractivity contribution in [1.29, 1.82) is 0 Å². The number of nitrogens with zero attached hydrogens (tertiary/aromatic N) is 1. The molecule has 0 unspecified atom stereocenters. The fourth-order valence-electron chi connectivity index (χ4n) is 3.74. The number of carbonyl (C=O) groups excluding carboxylic acids is 1. The number of hydrogen-bond donors (Lipinski definition) is 2. The molecule has 8 heteroatoms. The first-order chi connectivity index (χ1) is 16.4. The van der Waals surface area contributed by atoms with Crippen LogP contribution < -0.4 is 4.74 Å². The Kier molecular flexibility index (Phi) is 7.13. The molecule has 3 aromatic carbocycles. The molecule has 1 aromatic heterocycles. The monoisotopic (exact) mass is 480 g/mol. The summed E-state index contributed by atoms with van der Waals surface area (Å²) in [5.74, 6) is -1.98. The first-order valence-corrected chi connectivity index (χ1v) is 11.0. The summed E-state index contributed by atoms with van der Waals surface area (Å²) in [5, 5.41) is 10.7. The predicted molar refractivity (Wildman–Crippen MR) is 128 cm³/mol. The van der Waals surface area contributed by atoms with Gasteiger partial charge in [0.05, 0.1) is 0 Å². The van der Waals surface area contributed by atoms with Crippen LogP contribution in [0.15, 0.2) is 72.9 Å². The van der Waals surface area contributed by atoms with E-state index in [1.165, 1.54) is 29.2 Å². The summed E-state index contributed by atoms with van der Waals surface area (Å²) in [6.45, 7) is -0.0152. The molecular formula is C26H22ClFN2O4. The van der Waals surface area contributed by atoms with Gasteiger partial charge in [-0.05, 0) is 42.3 Å². The molecule has 0 spiro atoms. The van der Waals surface area contributed by atoms with Crippen LogP contribution in [0.5, 0.6) is 5.75 Å². The molecule has 0 aliphatic rings. The SMILES string of the molecule is O=C(O)c1cc(Cl)ccc1OCC(=O)N(CCc1c[nH]c2ccccc12)Cc1ccccc1F. The molecular weight excluding hydrogens is 459 g/mol. The molecule has 0 atom stereocenters. The summed E-state index contributed by atoms with van der Waals surface area (Å²) in [6.07, 6.45) is 2.45. The summed E-state index contributed by atoms with van der Waals surface area (Å²) in [6, 6.07) is 18.3. The number of carboxylic acids is 1. The van der Waals surface area contributed by atoms with Gasteiger partial charge in [-0.1, -0.05) is 48.0 Å². The number of halogens is 2. The first kappa shape index (κ1) is 23.3. The number of carbonyl (C=O) groups is 2. The number of ether oxygens (including phenoxy) is 1.